The van der Waals surface area contributed by atoms with Gasteiger partial charge in [0.05, 0.1) is 12.7 Å². The quantitative estimate of drug-likeness (QED) is 0.651. The average molecular weight is 415 g/mol. The molecule has 30 heavy (non-hydrogen) atoms. The fourth-order valence-electron chi connectivity index (χ4n) is 5.06. The molecular formula is C24H31FN2O3. The molecule has 0 radical (unpaired) electrons. The minimum Gasteiger partial charge on any atom is -0.504 e. The summed E-state index contributed by atoms with van der Waals surface area (Å²) in [6.45, 7) is 4.60. The number of phenols is 2. The van der Waals surface area contributed by atoms with Crippen LogP contribution in [0.3, 0.4) is 0 Å². The topological polar surface area (TPSA) is 65.0 Å². The Labute approximate surface area is 177 Å². The number of phenolic OH excluding ortho intramolecular Hbond substituents is 2. The van der Waals surface area contributed by atoms with E-state index in [0.29, 0.717) is 18.9 Å². The van der Waals surface area contributed by atoms with Gasteiger partial charge in [0.1, 0.15) is 5.82 Å². The summed E-state index contributed by atoms with van der Waals surface area (Å²) < 4.78 is 19.4. The summed E-state index contributed by atoms with van der Waals surface area (Å²) in [7, 11) is 1.97. The Morgan fingerprint density at radius 3 is 2.47 bits per heavy atom. The van der Waals surface area contributed by atoms with Crippen molar-refractivity contribution in [1.29, 1.82) is 0 Å². The highest BCUT2D eigenvalue weighted by Gasteiger charge is 2.36. The van der Waals surface area contributed by atoms with Gasteiger partial charge < -0.3 is 20.3 Å². The van der Waals surface area contributed by atoms with Crippen molar-refractivity contribution in [3.05, 3.63) is 58.9 Å². The summed E-state index contributed by atoms with van der Waals surface area (Å²) in [4.78, 5) is 2.46. The van der Waals surface area contributed by atoms with Crippen LogP contribution in [0.25, 0.3) is 0 Å². The largest absolute Gasteiger partial charge is 0.504 e. The first kappa shape index (κ1) is 21.1. The summed E-state index contributed by atoms with van der Waals surface area (Å²) in [6, 6.07) is 10.6. The van der Waals surface area contributed by atoms with Crippen LogP contribution in [0.4, 0.5) is 4.39 Å². The molecule has 0 aromatic heterocycles. The van der Waals surface area contributed by atoms with Crippen molar-refractivity contribution in [2.75, 3.05) is 20.1 Å². The summed E-state index contributed by atoms with van der Waals surface area (Å²) in [5, 5.41) is 23.6. The lowest BCUT2D eigenvalue weighted by Crippen LogP contribution is -2.50. The third kappa shape index (κ3) is 4.17. The summed E-state index contributed by atoms with van der Waals surface area (Å²) in [5.74, 6) is 0.185. The minimum absolute atomic E-state index is 0.0152. The normalized spacial score (nSPS) is 22.4. The first-order chi connectivity index (χ1) is 14.5. The number of fused-ring (bicyclic) bond motifs is 1. The van der Waals surface area contributed by atoms with E-state index in [-0.39, 0.29) is 35.5 Å². The van der Waals surface area contributed by atoms with Crippen LogP contribution >= 0.6 is 0 Å². The van der Waals surface area contributed by atoms with Crippen LogP contribution in [0.2, 0.25) is 0 Å². The first-order valence-corrected chi connectivity index (χ1v) is 10.8. The van der Waals surface area contributed by atoms with Gasteiger partial charge in [0.15, 0.2) is 11.5 Å². The summed E-state index contributed by atoms with van der Waals surface area (Å²) >= 11 is 0. The molecule has 0 aliphatic carbocycles. The molecule has 6 heteroatoms. The van der Waals surface area contributed by atoms with Gasteiger partial charge in [0.25, 0.3) is 0 Å². The minimum atomic E-state index is -0.199. The summed E-state index contributed by atoms with van der Waals surface area (Å²) in [5.41, 5.74) is 2.88. The number of likely N-dealkylation sites (N-methyl/N-ethyl adjacent to an activating group) is 1. The molecule has 2 aliphatic rings. The molecule has 0 saturated carbocycles. The van der Waals surface area contributed by atoms with E-state index in [1.807, 2.05) is 25.2 Å². The van der Waals surface area contributed by atoms with E-state index in [9.17, 15) is 14.6 Å². The molecule has 3 atom stereocenters. The van der Waals surface area contributed by atoms with Gasteiger partial charge in [0.2, 0.25) is 0 Å². The van der Waals surface area contributed by atoms with Gasteiger partial charge in [0, 0.05) is 24.1 Å². The molecule has 2 heterocycles. The zero-order valence-corrected chi connectivity index (χ0v) is 17.6. The number of piperidine rings is 1. The van der Waals surface area contributed by atoms with Crippen molar-refractivity contribution in [1.82, 2.24) is 10.2 Å². The van der Waals surface area contributed by atoms with Crippen LogP contribution in [-0.2, 0) is 17.8 Å². The molecule has 3 N–H and O–H groups in total. The molecule has 3 unspecified atom stereocenters. The molecule has 4 rings (SSSR count). The van der Waals surface area contributed by atoms with E-state index >= 15 is 0 Å². The van der Waals surface area contributed by atoms with E-state index in [2.05, 4.69) is 17.1 Å². The van der Waals surface area contributed by atoms with Crippen LogP contribution < -0.4 is 5.32 Å². The van der Waals surface area contributed by atoms with Gasteiger partial charge in [-0.05, 0) is 75.1 Å². The van der Waals surface area contributed by atoms with Gasteiger partial charge in [-0.3, -0.25) is 4.90 Å². The Morgan fingerprint density at radius 1 is 1.10 bits per heavy atom. The van der Waals surface area contributed by atoms with Crippen LogP contribution in [0.5, 0.6) is 11.5 Å². The lowest BCUT2D eigenvalue weighted by molar-refractivity contribution is -0.0196. The zero-order valence-electron chi connectivity index (χ0n) is 17.6. The number of nitrogens with zero attached hydrogens (tertiary/aromatic N) is 1. The maximum absolute atomic E-state index is 13.2. The molecule has 2 aliphatic heterocycles. The van der Waals surface area contributed by atoms with Crippen LogP contribution in [0.1, 0.15) is 42.5 Å². The number of hydrogen-bond donors (Lipinski definition) is 3. The number of rotatable bonds is 5. The number of ether oxygens (including phenoxy) is 1. The van der Waals surface area contributed by atoms with Crippen LogP contribution in [0, 0.1) is 11.7 Å². The SMILES string of the molecule is CNC(C1CCN(C(C)c2ccc(F)cc2)CC1)C1Cc2c(ccc(O)c2O)CO1. The Morgan fingerprint density at radius 2 is 1.80 bits per heavy atom. The second kappa shape index (κ2) is 8.92. The monoisotopic (exact) mass is 414 g/mol. The number of hydrogen-bond acceptors (Lipinski definition) is 5. The third-order valence-corrected chi connectivity index (χ3v) is 6.93. The molecule has 162 valence electrons. The Balaban J connectivity index is 1.39. The fraction of sp³-hybridized carbons (Fsp3) is 0.500. The van der Waals surface area contributed by atoms with E-state index < -0.39 is 0 Å². The molecular weight excluding hydrogens is 383 g/mol. The highest BCUT2D eigenvalue weighted by atomic mass is 19.1. The van der Waals surface area contributed by atoms with E-state index in [1.54, 1.807) is 0 Å². The van der Waals surface area contributed by atoms with Crippen molar-refractivity contribution < 1.29 is 19.3 Å². The van der Waals surface area contributed by atoms with Crippen molar-refractivity contribution in [2.24, 2.45) is 5.92 Å². The Bertz CT molecular complexity index is 865. The molecule has 2 aromatic rings. The van der Waals surface area contributed by atoms with Crippen molar-refractivity contribution in [3.63, 3.8) is 0 Å². The standard InChI is InChI=1S/C24H31FN2O3/c1-15(16-3-6-19(25)7-4-16)27-11-9-17(10-12-27)23(26-2)22-13-20-18(14-30-22)5-8-21(28)24(20)29/h3-8,15,17,22-23,26,28-29H,9-14H2,1-2H3. The van der Waals surface area contributed by atoms with Gasteiger partial charge in [-0.15, -0.1) is 0 Å². The van der Waals surface area contributed by atoms with Crippen LogP contribution in [-0.4, -0.2) is 47.4 Å². The molecule has 1 fully saturated rings. The number of likely N-dealkylation sites (tertiary alicyclic amines) is 1. The molecule has 5 nitrogen and oxygen atoms in total. The molecule has 0 amide bonds. The van der Waals surface area contributed by atoms with E-state index in [0.717, 1.165) is 42.6 Å². The zero-order chi connectivity index (χ0) is 21.3. The number of nitrogens with one attached hydrogen (secondary N) is 1. The Hall–Kier alpha value is -2.15. The van der Waals surface area contributed by atoms with Crippen molar-refractivity contribution >= 4 is 0 Å². The van der Waals surface area contributed by atoms with Gasteiger partial charge in [-0.2, -0.15) is 0 Å². The van der Waals surface area contributed by atoms with E-state index in [4.69, 9.17) is 4.74 Å². The lowest BCUT2D eigenvalue weighted by Gasteiger charge is -2.42. The maximum atomic E-state index is 13.2. The van der Waals surface area contributed by atoms with Crippen molar-refractivity contribution in [2.45, 2.75) is 51.0 Å². The predicted molar refractivity (Wildman–Crippen MR) is 114 cm³/mol. The van der Waals surface area contributed by atoms with Gasteiger partial charge in [-0.1, -0.05) is 18.2 Å². The maximum Gasteiger partial charge on any atom is 0.161 e. The Kier molecular flexibility index (Phi) is 6.27. The predicted octanol–water partition coefficient (Wildman–Crippen LogP) is 3.74. The third-order valence-electron chi connectivity index (χ3n) is 6.93. The second-order valence-corrected chi connectivity index (χ2v) is 8.54. The second-order valence-electron chi connectivity index (χ2n) is 8.54. The summed E-state index contributed by atoms with van der Waals surface area (Å²) in [6.07, 6.45) is 2.65. The number of aromatic hydroxyl groups is 2. The fourth-order valence-corrected chi connectivity index (χ4v) is 5.06. The number of halogens is 1. The van der Waals surface area contributed by atoms with E-state index in [1.165, 1.54) is 18.2 Å². The average Bonchev–Trinajstić information content (AvgIpc) is 2.77. The molecule has 0 bridgehead atoms. The first-order valence-electron chi connectivity index (χ1n) is 10.8. The van der Waals surface area contributed by atoms with Gasteiger partial charge >= 0.3 is 0 Å². The molecule has 0 spiro atoms. The van der Waals surface area contributed by atoms with Gasteiger partial charge in [-0.25, -0.2) is 4.39 Å². The lowest BCUT2D eigenvalue weighted by atomic mass is 9.82. The highest BCUT2D eigenvalue weighted by Crippen LogP contribution is 2.38. The number of benzene rings is 2. The molecule has 1 saturated heterocycles. The highest BCUT2D eigenvalue weighted by molar-refractivity contribution is 5.49. The smallest absolute Gasteiger partial charge is 0.161 e. The van der Waals surface area contributed by atoms with Crippen LogP contribution in [0.15, 0.2) is 36.4 Å². The van der Waals surface area contributed by atoms with Crippen molar-refractivity contribution in [3.8, 4) is 11.5 Å². The molecule has 2 aromatic carbocycles.